The lowest BCUT2D eigenvalue weighted by atomic mass is 10.0. The number of rotatable bonds is 8. The Morgan fingerprint density at radius 3 is 2.29 bits per heavy atom. The Hall–Kier alpha value is -4.41. The Labute approximate surface area is 217 Å². The number of carbonyl (C=O) groups excluding carboxylic acids is 3. The van der Waals surface area contributed by atoms with Gasteiger partial charge in [0.2, 0.25) is 5.91 Å². The van der Waals surface area contributed by atoms with Crippen LogP contribution in [0.2, 0.25) is 0 Å². The molecule has 2 amide bonds. The molecule has 11 heteroatoms. The molecular weight excluding hydrogens is 503 g/mol. The van der Waals surface area contributed by atoms with Crippen LogP contribution >= 0.6 is 0 Å². The Balaban J connectivity index is 1.75. The average Bonchev–Trinajstić information content (AvgIpc) is 2.83. The normalized spacial score (nSPS) is 11.4. The smallest absolute Gasteiger partial charge is 0.422 e. The molecule has 38 heavy (non-hydrogen) atoms. The molecule has 3 rings (SSSR count). The maximum absolute atomic E-state index is 12.8. The minimum absolute atomic E-state index is 0.0390. The van der Waals surface area contributed by atoms with Crippen LogP contribution in [0.1, 0.15) is 37.6 Å². The van der Waals surface area contributed by atoms with E-state index in [0.29, 0.717) is 5.56 Å². The van der Waals surface area contributed by atoms with Gasteiger partial charge in [-0.3, -0.25) is 19.9 Å². The number of Topliss-reactive ketones (excluding diaryl/α,β-unsaturated/α-hetero) is 1. The second-order valence-corrected chi connectivity index (χ2v) is 9.21. The first-order valence-electron chi connectivity index (χ1n) is 11.5. The standard InChI is InChI=1S/C27H26F3N3O5/c1-26(2,3)38-25(36)33-22-13-20(37-16-27(28,29)30)9-10-21(22)32-24(35)14-23(34)18-7-4-6-17(12-18)19-8-5-11-31-15-19/h4-13,15H,14,16H2,1-3H3,(H,32,35)(H,33,36). The third-order valence-electron chi connectivity index (χ3n) is 4.80. The number of pyridine rings is 1. The molecule has 200 valence electrons. The van der Waals surface area contributed by atoms with E-state index in [2.05, 4.69) is 15.6 Å². The molecule has 0 aliphatic rings. The molecule has 1 heterocycles. The fourth-order valence-electron chi connectivity index (χ4n) is 3.25. The van der Waals surface area contributed by atoms with Gasteiger partial charge in [-0.15, -0.1) is 0 Å². The van der Waals surface area contributed by atoms with Crippen molar-refractivity contribution in [3.63, 3.8) is 0 Å². The maximum Gasteiger partial charge on any atom is 0.422 e. The quantitative estimate of drug-likeness (QED) is 0.264. The molecule has 0 saturated carbocycles. The van der Waals surface area contributed by atoms with Gasteiger partial charge in [-0.1, -0.05) is 24.3 Å². The van der Waals surface area contributed by atoms with E-state index in [1.165, 1.54) is 12.1 Å². The lowest BCUT2D eigenvalue weighted by Gasteiger charge is -2.21. The number of alkyl halides is 3. The molecule has 3 aromatic rings. The zero-order valence-electron chi connectivity index (χ0n) is 20.9. The number of hydrogen-bond donors (Lipinski definition) is 2. The molecule has 2 aromatic carbocycles. The fourth-order valence-corrected chi connectivity index (χ4v) is 3.25. The van der Waals surface area contributed by atoms with E-state index < -0.39 is 42.6 Å². The van der Waals surface area contributed by atoms with E-state index in [4.69, 9.17) is 9.47 Å². The van der Waals surface area contributed by atoms with Crippen LogP contribution in [0.4, 0.5) is 29.3 Å². The van der Waals surface area contributed by atoms with Gasteiger partial charge in [0.05, 0.1) is 17.8 Å². The average molecular weight is 530 g/mol. The topological polar surface area (TPSA) is 107 Å². The van der Waals surface area contributed by atoms with Crippen LogP contribution < -0.4 is 15.4 Å². The molecule has 0 fully saturated rings. The second kappa shape index (κ2) is 11.8. The maximum atomic E-state index is 12.8. The van der Waals surface area contributed by atoms with Crippen LogP contribution in [-0.2, 0) is 9.53 Å². The SMILES string of the molecule is CC(C)(C)OC(=O)Nc1cc(OCC(F)(F)F)ccc1NC(=O)CC(=O)c1cccc(-c2cccnc2)c1. The first kappa shape index (κ1) is 28.2. The summed E-state index contributed by atoms with van der Waals surface area (Å²) in [5.41, 5.74) is 0.981. The number of halogens is 3. The summed E-state index contributed by atoms with van der Waals surface area (Å²) in [4.78, 5) is 41.8. The fraction of sp³-hybridized carbons (Fsp3) is 0.259. The van der Waals surface area contributed by atoms with E-state index >= 15 is 0 Å². The van der Waals surface area contributed by atoms with Crippen molar-refractivity contribution in [3.8, 4) is 16.9 Å². The van der Waals surface area contributed by atoms with Crippen LogP contribution in [0.25, 0.3) is 11.1 Å². The van der Waals surface area contributed by atoms with Crippen LogP contribution in [0.15, 0.2) is 67.0 Å². The Kier molecular flexibility index (Phi) is 8.72. The molecule has 0 bridgehead atoms. The minimum atomic E-state index is -4.57. The summed E-state index contributed by atoms with van der Waals surface area (Å²) in [7, 11) is 0. The summed E-state index contributed by atoms with van der Waals surface area (Å²) >= 11 is 0. The molecule has 1 aromatic heterocycles. The minimum Gasteiger partial charge on any atom is -0.484 e. The molecule has 0 spiro atoms. The van der Waals surface area contributed by atoms with Gasteiger partial charge in [-0.25, -0.2) is 4.79 Å². The third-order valence-corrected chi connectivity index (χ3v) is 4.80. The number of amides is 2. The van der Waals surface area contributed by atoms with Crippen molar-refractivity contribution in [1.29, 1.82) is 0 Å². The van der Waals surface area contributed by atoms with E-state index in [1.807, 2.05) is 12.1 Å². The summed E-state index contributed by atoms with van der Waals surface area (Å²) in [6, 6.07) is 13.9. The van der Waals surface area contributed by atoms with Gasteiger partial charge in [0.15, 0.2) is 12.4 Å². The molecule has 0 radical (unpaired) electrons. The van der Waals surface area contributed by atoms with Crippen molar-refractivity contribution in [2.24, 2.45) is 0 Å². The Bertz CT molecular complexity index is 1310. The molecule has 0 aliphatic heterocycles. The number of aromatic nitrogens is 1. The van der Waals surface area contributed by atoms with Crippen molar-refractivity contribution in [2.75, 3.05) is 17.2 Å². The van der Waals surface area contributed by atoms with Gasteiger partial charge in [-0.05, 0) is 50.6 Å². The first-order valence-corrected chi connectivity index (χ1v) is 11.5. The van der Waals surface area contributed by atoms with Crippen molar-refractivity contribution in [2.45, 2.75) is 39.0 Å². The molecule has 0 unspecified atom stereocenters. The van der Waals surface area contributed by atoms with E-state index in [1.54, 1.807) is 57.4 Å². The highest BCUT2D eigenvalue weighted by molar-refractivity contribution is 6.12. The summed E-state index contributed by atoms with van der Waals surface area (Å²) in [5, 5.41) is 4.90. The number of ketones is 1. The first-order chi connectivity index (χ1) is 17.8. The number of nitrogens with zero attached hydrogens (tertiary/aromatic N) is 1. The summed E-state index contributed by atoms with van der Waals surface area (Å²) in [6.45, 7) is 3.35. The largest absolute Gasteiger partial charge is 0.484 e. The van der Waals surface area contributed by atoms with Crippen molar-refractivity contribution in [1.82, 2.24) is 4.98 Å². The van der Waals surface area contributed by atoms with E-state index in [-0.39, 0.29) is 17.1 Å². The number of benzene rings is 2. The van der Waals surface area contributed by atoms with Gasteiger partial charge in [-0.2, -0.15) is 13.2 Å². The lowest BCUT2D eigenvalue weighted by Crippen LogP contribution is -2.28. The highest BCUT2D eigenvalue weighted by Gasteiger charge is 2.28. The number of hydrogen-bond acceptors (Lipinski definition) is 6. The highest BCUT2D eigenvalue weighted by Crippen LogP contribution is 2.29. The Morgan fingerprint density at radius 1 is 0.895 bits per heavy atom. The predicted molar refractivity (Wildman–Crippen MR) is 135 cm³/mol. The van der Waals surface area contributed by atoms with Crippen LogP contribution in [-0.4, -0.2) is 41.2 Å². The Morgan fingerprint density at radius 2 is 1.63 bits per heavy atom. The zero-order valence-corrected chi connectivity index (χ0v) is 20.9. The number of ether oxygens (including phenoxy) is 2. The number of nitrogens with one attached hydrogen (secondary N) is 2. The summed E-state index contributed by atoms with van der Waals surface area (Å²) in [6.07, 6.45) is -2.71. The lowest BCUT2D eigenvalue weighted by molar-refractivity contribution is -0.153. The van der Waals surface area contributed by atoms with Crippen molar-refractivity contribution >= 4 is 29.2 Å². The van der Waals surface area contributed by atoms with Crippen LogP contribution in [0.5, 0.6) is 5.75 Å². The van der Waals surface area contributed by atoms with Gasteiger partial charge in [0.25, 0.3) is 0 Å². The summed E-state index contributed by atoms with van der Waals surface area (Å²) < 4.78 is 47.6. The number of anilines is 2. The van der Waals surface area contributed by atoms with Crippen molar-refractivity contribution in [3.05, 3.63) is 72.6 Å². The van der Waals surface area contributed by atoms with Gasteiger partial charge >= 0.3 is 12.3 Å². The van der Waals surface area contributed by atoms with Crippen LogP contribution in [0.3, 0.4) is 0 Å². The van der Waals surface area contributed by atoms with E-state index in [0.717, 1.165) is 17.2 Å². The highest BCUT2D eigenvalue weighted by atomic mass is 19.4. The van der Waals surface area contributed by atoms with Gasteiger partial charge in [0.1, 0.15) is 11.4 Å². The summed E-state index contributed by atoms with van der Waals surface area (Å²) in [5.74, 6) is -1.35. The zero-order chi connectivity index (χ0) is 27.9. The molecule has 2 N–H and O–H groups in total. The molecule has 0 saturated heterocycles. The van der Waals surface area contributed by atoms with Crippen LogP contribution in [0, 0.1) is 0 Å². The monoisotopic (exact) mass is 529 g/mol. The van der Waals surface area contributed by atoms with Gasteiger partial charge in [0, 0.05) is 29.6 Å². The van der Waals surface area contributed by atoms with Gasteiger partial charge < -0.3 is 14.8 Å². The molecule has 0 atom stereocenters. The second-order valence-electron chi connectivity index (χ2n) is 9.21. The molecular formula is C27H26F3N3O5. The number of carbonyl (C=O) groups is 3. The predicted octanol–water partition coefficient (Wildman–Crippen LogP) is 6.25. The molecule has 0 aliphatic carbocycles. The van der Waals surface area contributed by atoms with E-state index in [9.17, 15) is 27.6 Å². The molecule has 8 nitrogen and oxygen atoms in total. The van der Waals surface area contributed by atoms with Crippen molar-refractivity contribution < 1.29 is 37.0 Å². The third kappa shape index (κ3) is 8.91.